The van der Waals surface area contributed by atoms with Gasteiger partial charge in [-0.3, -0.25) is 14.6 Å². The van der Waals surface area contributed by atoms with E-state index >= 15 is 0 Å². The minimum Gasteiger partial charge on any atom is -0.497 e. The first-order valence-electron chi connectivity index (χ1n) is 10.2. The number of methoxy groups -OCH3 is 1. The van der Waals surface area contributed by atoms with Crippen molar-refractivity contribution in [3.8, 4) is 5.75 Å². The van der Waals surface area contributed by atoms with Crippen molar-refractivity contribution in [2.75, 3.05) is 43.2 Å². The minimum absolute atomic E-state index is 0.00764. The number of amides is 1. The van der Waals surface area contributed by atoms with Gasteiger partial charge in [-0.15, -0.1) is 0 Å². The monoisotopic (exact) mass is 406 g/mol. The zero-order valence-corrected chi connectivity index (χ0v) is 17.3. The van der Waals surface area contributed by atoms with Crippen LogP contribution in [0.2, 0.25) is 0 Å². The number of ketones is 1. The van der Waals surface area contributed by atoms with Crippen LogP contribution in [0.25, 0.3) is 0 Å². The molecule has 1 saturated heterocycles. The third-order valence-corrected chi connectivity index (χ3v) is 5.63. The highest BCUT2D eigenvalue weighted by Crippen LogP contribution is 2.26. The Morgan fingerprint density at radius 2 is 1.67 bits per heavy atom. The van der Waals surface area contributed by atoms with E-state index in [0.29, 0.717) is 25.2 Å². The maximum atomic E-state index is 13.1. The van der Waals surface area contributed by atoms with E-state index in [2.05, 4.69) is 16.1 Å². The molecular formula is C23H26N4O3. The van der Waals surface area contributed by atoms with Crippen LogP contribution >= 0.6 is 0 Å². The summed E-state index contributed by atoms with van der Waals surface area (Å²) in [6.07, 6.45) is 0.346. The van der Waals surface area contributed by atoms with Crippen LogP contribution in [0.4, 0.5) is 11.4 Å². The fraction of sp³-hybridized carbons (Fsp3) is 0.348. The number of ether oxygens (including phenoxy) is 1. The molecule has 4 rings (SSSR count). The number of carbonyl (C=O) groups excluding carboxylic acids is 2. The predicted octanol–water partition coefficient (Wildman–Crippen LogP) is 2.57. The molecule has 0 spiro atoms. The zero-order valence-electron chi connectivity index (χ0n) is 17.3. The molecule has 0 aliphatic carbocycles. The summed E-state index contributed by atoms with van der Waals surface area (Å²) in [6.45, 7) is 4.27. The van der Waals surface area contributed by atoms with Gasteiger partial charge in [-0.05, 0) is 31.2 Å². The number of hydrazone groups is 1. The first-order chi connectivity index (χ1) is 14.6. The number of nitrogens with zero attached hydrogens (tertiary/aromatic N) is 4. The van der Waals surface area contributed by atoms with Gasteiger partial charge in [0.15, 0.2) is 5.78 Å². The SMILES string of the molecule is COc1cccc(N2CCN(C(=O)C3=NN(c4ccccc4)C(C(C)=O)C3)CC2)c1. The number of rotatable bonds is 5. The Hall–Kier alpha value is -3.35. The molecule has 156 valence electrons. The Morgan fingerprint density at radius 1 is 0.967 bits per heavy atom. The molecule has 2 aromatic rings. The zero-order chi connectivity index (χ0) is 21.1. The van der Waals surface area contributed by atoms with Crippen molar-refractivity contribution in [3.05, 3.63) is 54.6 Å². The number of carbonyl (C=O) groups is 2. The van der Waals surface area contributed by atoms with E-state index in [0.717, 1.165) is 30.2 Å². The van der Waals surface area contributed by atoms with Crippen molar-refractivity contribution in [3.63, 3.8) is 0 Å². The third kappa shape index (κ3) is 4.01. The van der Waals surface area contributed by atoms with Gasteiger partial charge in [0.05, 0.1) is 12.8 Å². The number of hydrogen-bond acceptors (Lipinski definition) is 6. The quantitative estimate of drug-likeness (QED) is 0.764. The molecule has 2 aliphatic rings. The summed E-state index contributed by atoms with van der Waals surface area (Å²) in [5.41, 5.74) is 2.36. The van der Waals surface area contributed by atoms with Gasteiger partial charge < -0.3 is 14.5 Å². The van der Waals surface area contributed by atoms with Crippen molar-refractivity contribution >= 4 is 28.8 Å². The summed E-state index contributed by atoms with van der Waals surface area (Å²) < 4.78 is 5.31. The lowest BCUT2D eigenvalue weighted by Crippen LogP contribution is -2.50. The van der Waals surface area contributed by atoms with E-state index in [1.165, 1.54) is 0 Å². The highest BCUT2D eigenvalue weighted by Gasteiger charge is 2.36. The summed E-state index contributed by atoms with van der Waals surface area (Å²) in [5, 5.41) is 6.23. The first kappa shape index (κ1) is 19.9. The van der Waals surface area contributed by atoms with Gasteiger partial charge in [0.25, 0.3) is 5.91 Å². The second-order valence-corrected chi connectivity index (χ2v) is 7.54. The number of benzene rings is 2. The van der Waals surface area contributed by atoms with Crippen molar-refractivity contribution in [1.29, 1.82) is 0 Å². The second kappa shape index (κ2) is 8.57. The van der Waals surface area contributed by atoms with Gasteiger partial charge >= 0.3 is 0 Å². The molecule has 1 unspecified atom stereocenters. The number of Topliss-reactive ketones (excluding diaryl/α,β-unsaturated/α-hetero) is 1. The van der Waals surface area contributed by atoms with Crippen LogP contribution < -0.4 is 14.6 Å². The molecule has 0 radical (unpaired) electrons. The Labute approximate surface area is 176 Å². The van der Waals surface area contributed by atoms with Crippen LogP contribution in [0.3, 0.4) is 0 Å². The normalized spacial score (nSPS) is 18.9. The topological polar surface area (TPSA) is 65.5 Å². The van der Waals surface area contributed by atoms with E-state index in [1.54, 1.807) is 19.0 Å². The van der Waals surface area contributed by atoms with Crippen molar-refractivity contribution in [2.24, 2.45) is 5.10 Å². The lowest BCUT2D eigenvalue weighted by Gasteiger charge is -2.36. The molecule has 1 atom stereocenters. The average Bonchev–Trinajstić information content (AvgIpc) is 3.25. The lowest BCUT2D eigenvalue weighted by atomic mass is 10.1. The maximum Gasteiger partial charge on any atom is 0.270 e. The van der Waals surface area contributed by atoms with Crippen LogP contribution in [-0.2, 0) is 9.59 Å². The number of anilines is 2. The molecule has 0 saturated carbocycles. The summed E-state index contributed by atoms with van der Waals surface area (Å²) in [4.78, 5) is 29.4. The minimum atomic E-state index is -0.426. The Balaban J connectivity index is 1.44. The van der Waals surface area contributed by atoms with E-state index in [4.69, 9.17) is 4.74 Å². The Morgan fingerprint density at radius 3 is 2.33 bits per heavy atom. The van der Waals surface area contributed by atoms with Gasteiger partial charge in [-0.25, -0.2) is 0 Å². The fourth-order valence-corrected chi connectivity index (χ4v) is 3.93. The Kier molecular flexibility index (Phi) is 5.70. The van der Waals surface area contributed by atoms with E-state index in [1.807, 2.05) is 53.4 Å². The van der Waals surface area contributed by atoms with E-state index < -0.39 is 6.04 Å². The van der Waals surface area contributed by atoms with Crippen LogP contribution in [0.15, 0.2) is 59.7 Å². The highest BCUT2D eigenvalue weighted by molar-refractivity contribution is 6.40. The van der Waals surface area contributed by atoms with E-state index in [9.17, 15) is 9.59 Å². The predicted molar refractivity (Wildman–Crippen MR) is 117 cm³/mol. The van der Waals surface area contributed by atoms with Crippen molar-refractivity contribution in [1.82, 2.24) is 4.90 Å². The average molecular weight is 406 g/mol. The van der Waals surface area contributed by atoms with Crippen molar-refractivity contribution < 1.29 is 14.3 Å². The standard InChI is InChI=1S/C23H26N4O3/c1-17(28)22-16-21(24-27(22)18-7-4-3-5-8-18)23(29)26-13-11-25(12-14-26)19-9-6-10-20(15-19)30-2/h3-10,15,22H,11-14,16H2,1-2H3. The highest BCUT2D eigenvalue weighted by atomic mass is 16.5. The summed E-state index contributed by atoms with van der Waals surface area (Å²) in [5.74, 6) is 0.751. The molecule has 30 heavy (non-hydrogen) atoms. The van der Waals surface area contributed by atoms with E-state index in [-0.39, 0.29) is 11.7 Å². The first-order valence-corrected chi connectivity index (χ1v) is 10.2. The Bertz CT molecular complexity index is 952. The molecular weight excluding hydrogens is 380 g/mol. The van der Waals surface area contributed by atoms with Gasteiger partial charge in [0.1, 0.15) is 17.5 Å². The van der Waals surface area contributed by atoms with Gasteiger partial charge in [-0.2, -0.15) is 5.10 Å². The summed E-state index contributed by atoms with van der Waals surface area (Å²) >= 11 is 0. The third-order valence-electron chi connectivity index (χ3n) is 5.63. The smallest absolute Gasteiger partial charge is 0.270 e. The van der Waals surface area contributed by atoms with Gasteiger partial charge in [0.2, 0.25) is 0 Å². The number of piperazine rings is 1. The molecule has 2 aromatic carbocycles. The molecule has 0 aromatic heterocycles. The molecule has 7 heteroatoms. The second-order valence-electron chi connectivity index (χ2n) is 7.54. The largest absolute Gasteiger partial charge is 0.497 e. The van der Waals surface area contributed by atoms with Gasteiger partial charge in [-0.1, -0.05) is 24.3 Å². The molecule has 0 N–H and O–H groups in total. The lowest BCUT2D eigenvalue weighted by molar-refractivity contribution is -0.124. The maximum absolute atomic E-state index is 13.1. The molecule has 0 bridgehead atoms. The number of hydrogen-bond donors (Lipinski definition) is 0. The van der Waals surface area contributed by atoms with Crippen LogP contribution in [0, 0.1) is 0 Å². The number of para-hydroxylation sites is 1. The molecule has 2 aliphatic heterocycles. The molecule has 2 heterocycles. The molecule has 7 nitrogen and oxygen atoms in total. The van der Waals surface area contributed by atoms with Gasteiger partial charge in [0, 0.05) is 44.4 Å². The fourth-order valence-electron chi connectivity index (χ4n) is 3.93. The summed E-state index contributed by atoms with van der Waals surface area (Å²) in [6, 6.07) is 17.1. The molecule has 1 fully saturated rings. The molecule has 1 amide bonds. The van der Waals surface area contributed by atoms with Crippen LogP contribution in [0.1, 0.15) is 13.3 Å². The summed E-state index contributed by atoms with van der Waals surface area (Å²) in [7, 11) is 1.66. The van der Waals surface area contributed by atoms with Crippen LogP contribution in [0.5, 0.6) is 5.75 Å². The van der Waals surface area contributed by atoms with Crippen molar-refractivity contribution in [2.45, 2.75) is 19.4 Å². The van der Waals surface area contributed by atoms with Crippen LogP contribution in [-0.4, -0.2) is 61.6 Å².